The molecule has 0 aromatic heterocycles. The van der Waals surface area contributed by atoms with Crippen molar-refractivity contribution in [2.45, 2.75) is 90.7 Å². The first-order chi connectivity index (χ1) is 15.5. The Balaban J connectivity index is 2.04. The van der Waals surface area contributed by atoms with Gasteiger partial charge in [-0.05, 0) is 65.8 Å². The van der Waals surface area contributed by atoms with E-state index in [-0.39, 0.29) is 22.6 Å². The monoisotopic (exact) mass is 461 g/mol. The Morgan fingerprint density at radius 2 is 1.35 bits per heavy atom. The second kappa shape index (κ2) is 7.52. The van der Waals surface area contributed by atoms with Gasteiger partial charge in [-0.25, -0.2) is 0 Å². The topological polar surface area (TPSA) is 57.6 Å². The molecule has 4 nitrogen and oxygen atoms in total. The van der Waals surface area contributed by atoms with Crippen molar-refractivity contribution in [3.8, 4) is 0 Å². The van der Waals surface area contributed by atoms with Crippen LogP contribution in [0.25, 0.3) is 0 Å². The van der Waals surface area contributed by atoms with E-state index in [9.17, 15) is 14.7 Å². The van der Waals surface area contributed by atoms with Crippen LogP contribution in [-0.4, -0.2) is 27.4 Å². The number of hydrogen-bond acceptors (Lipinski definition) is 3. The first-order valence-corrected chi connectivity index (χ1v) is 12.3. The Morgan fingerprint density at radius 1 is 0.824 bits per heavy atom. The number of hydrogen-bond donors (Lipinski definition) is 1. The number of carbonyl (C=O) groups is 2. The fourth-order valence-corrected chi connectivity index (χ4v) is 5.59. The minimum Gasteiger partial charge on any atom is -0.380 e. The number of imide groups is 1. The van der Waals surface area contributed by atoms with Gasteiger partial charge in [0.1, 0.15) is 5.60 Å². The second-order valence-electron chi connectivity index (χ2n) is 13.2. The van der Waals surface area contributed by atoms with Crippen LogP contribution in [0.5, 0.6) is 0 Å². The van der Waals surface area contributed by atoms with E-state index in [0.29, 0.717) is 12.0 Å². The second-order valence-corrected chi connectivity index (χ2v) is 13.2. The molecular formula is C30H39NO3. The van der Waals surface area contributed by atoms with Crippen LogP contribution in [0.15, 0.2) is 42.5 Å². The molecule has 1 aliphatic heterocycles. The predicted molar refractivity (Wildman–Crippen MR) is 136 cm³/mol. The maximum absolute atomic E-state index is 13.9. The lowest BCUT2D eigenvalue weighted by molar-refractivity contribution is -0.147. The zero-order valence-corrected chi connectivity index (χ0v) is 22.1. The molecule has 1 fully saturated rings. The van der Waals surface area contributed by atoms with E-state index in [1.54, 1.807) is 0 Å². The molecule has 0 radical (unpaired) electrons. The summed E-state index contributed by atoms with van der Waals surface area (Å²) in [6.45, 7) is 18.6. The van der Waals surface area contributed by atoms with Crippen molar-refractivity contribution in [3.05, 3.63) is 70.3 Å². The molecule has 182 valence electrons. The molecule has 34 heavy (non-hydrogen) atoms. The molecule has 2 aliphatic rings. The third-order valence-corrected chi connectivity index (χ3v) is 7.52. The Kier molecular flexibility index (Phi) is 5.45. The molecule has 1 saturated heterocycles. The number of likely N-dealkylation sites (tertiary alicyclic amines) is 1. The molecule has 4 rings (SSSR count). The Hall–Kier alpha value is -2.46. The average molecular weight is 462 g/mol. The van der Waals surface area contributed by atoms with Gasteiger partial charge in [-0.2, -0.15) is 0 Å². The van der Waals surface area contributed by atoms with Gasteiger partial charge in [0.05, 0.1) is 11.8 Å². The highest BCUT2D eigenvalue weighted by molar-refractivity contribution is 6.07. The van der Waals surface area contributed by atoms with Crippen molar-refractivity contribution >= 4 is 11.8 Å². The summed E-state index contributed by atoms with van der Waals surface area (Å²) in [5.41, 5.74) is 2.04. The molecule has 2 aromatic rings. The van der Waals surface area contributed by atoms with Crippen LogP contribution >= 0.6 is 0 Å². The summed E-state index contributed by atoms with van der Waals surface area (Å²) in [5, 5.41) is 12.7. The van der Waals surface area contributed by atoms with Gasteiger partial charge in [0.15, 0.2) is 0 Å². The van der Waals surface area contributed by atoms with Crippen molar-refractivity contribution in [1.82, 2.24) is 4.90 Å². The number of carbonyl (C=O) groups excluding carboxylic acids is 2. The highest BCUT2D eigenvalue weighted by Gasteiger charge is 2.62. The lowest BCUT2D eigenvalue weighted by Crippen LogP contribution is -2.49. The largest absolute Gasteiger partial charge is 0.380 e. The summed E-state index contributed by atoms with van der Waals surface area (Å²) in [7, 11) is 0. The molecule has 1 aliphatic carbocycles. The quantitative estimate of drug-likeness (QED) is 0.573. The number of rotatable bonds is 1. The van der Waals surface area contributed by atoms with Crippen LogP contribution in [-0.2, 0) is 32.4 Å². The molecule has 1 heterocycles. The Bertz CT molecular complexity index is 1130. The van der Waals surface area contributed by atoms with Crippen LogP contribution in [0.4, 0.5) is 0 Å². The smallest absolute Gasteiger partial charge is 0.237 e. The standard InChI is InChI=1S/C30H39NO3/c1-27(2,3)19-15-20(28(4,5)6)17-21(16-19)30(34)23-13-11-10-12-18(23)14-22-24(30)26(33)31(25(22)32)29(7,8)9/h10-13,15-17,22,24,34H,14H2,1-9H3/t22-,24+,30+/m0/s1. The van der Waals surface area contributed by atoms with Crippen molar-refractivity contribution in [3.63, 3.8) is 0 Å². The third-order valence-electron chi connectivity index (χ3n) is 7.52. The van der Waals surface area contributed by atoms with Crippen molar-refractivity contribution in [1.29, 1.82) is 0 Å². The minimum absolute atomic E-state index is 0.146. The number of nitrogens with zero attached hydrogens (tertiary/aromatic N) is 1. The number of fused-ring (bicyclic) bond motifs is 2. The Labute approximate surface area is 204 Å². The van der Waals surface area contributed by atoms with E-state index >= 15 is 0 Å². The SMILES string of the molecule is CC(C)(C)c1cc(C(C)(C)C)cc([C@@]2(O)c3ccccc3C[C@@H]3C(=O)N(C(C)(C)C)C(=O)[C@@H]32)c1. The predicted octanol–water partition coefficient (Wildman–Crippen LogP) is 5.47. The van der Waals surface area contributed by atoms with Crippen LogP contribution in [0.2, 0.25) is 0 Å². The number of benzene rings is 2. The molecule has 4 heteroatoms. The first kappa shape index (κ1) is 24.7. The van der Waals surface area contributed by atoms with Gasteiger partial charge in [0.25, 0.3) is 0 Å². The molecule has 3 atom stereocenters. The van der Waals surface area contributed by atoms with E-state index in [1.807, 2.05) is 57.2 Å². The van der Waals surface area contributed by atoms with Gasteiger partial charge in [0.2, 0.25) is 11.8 Å². The average Bonchev–Trinajstić information content (AvgIpc) is 2.97. The van der Waals surface area contributed by atoms with Crippen LogP contribution < -0.4 is 0 Å². The number of amides is 2. The summed E-state index contributed by atoms with van der Waals surface area (Å²) in [4.78, 5) is 28.9. The minimum atomic E-state index is -1.59. The van der Waals surface area contributed by atoms with Gasteiger partial charge in [-0.1, -0.05) is 84.0 Å². The van der Waals surface area contributed by atoms with E-state index < -0.39 is 23.0 Å². The van der Waals surface area contributed by atoms with E-state index in [1.165, 1.54) is 4.90 Å². The lowest BCUT2D eigenvalue weighted by Gasteiger charge is -2.42. The van der Waals surface area contributed by atoms with Crippen molar-refractivity contribution in [2.24, 2.45) is 11.8 Å². The zero-order valence-electron chi connectivity index (χ0n) is 22.1. The highest BCUT2D eigenvalue weighted by atomic mass is 16.3. The van der Waals surface area contributed by atoms with Crippen molar-refractivity contribution in [2.75, 3.05) is 0 Å². The van der Waals surface area contributed by atoms with E-state index in [0.717, 1.165) is 22.3 Å². The van der Waals surface area contributed by atoms with Gasteiger partial charge < -0.3 is 5.11 Å². The zero-order chi connectivity index (χ0) is 25.4. The fourth-order valence-electron chi connectivity index (χ4n) is 5.59. The van der Waals surface area contributed by atoms with Gasteiger partial charge >= 0.3 is 0 Å². The Morgan fingerprint density at radius 3 is 1.85 bits per heavy atom. The summed E-state index contributed by atoms with van der Waals surface area (Å²) in [6.07, 6.45) is 0.464. The summed E-state index contributed by atoms with van der Waals surface area (Å²) in [5.74, 6) is -1.89. The van der Waals surface area contributed by atoms with Gasteiger partial charge in [-0.15, -0.1) is 0 Å². The van der Waals surface area contributed by atoms with Crippen LogP contribution in [0.3, 0.4) is 0 Å². The van der Waals surface area contributed by atoms with E-state index in [2.05, 4.69) is 47.6 Å². The van der Waals surface area contributed by atoms with Crippen LogP contribution in [0, 0.1) is 11.8 Å². The molecule has 2 amide bonds. The molecular weight excluding hydrogens is 422 g/mol. The lowest BCUT2D eigenvalue weighted by atomic mass is 9.63. The van der Waals surface area contributed by atoms with E-state index in [4.69, 9.17) is 0 Å². The van der Waals surface area contributed by atoms with Crippen LogP contribution in [0.1, 0.15) is 90.1 Å². The van der Waals surface area contributed by atoms with Gasteiger partial charge in [0, 0.05) is 5.54 Å². The number of aliphatic hydroxyl groups is 1. The van der Waals surface area contributed by atoms with Gasteiger partial charge in [-0.3, -0.25) is 14.5 Å². The molecule has 0 bridgehead atoms. The summed E-state index contributed by atoms with van der Waals surface area (Å²) in [6, 6.07) is 14.1. The molecule has 0 spiro atoms. The normalized spacial score (nSPS) is 25.4. The van der Waals surface area contributed by atoms with Crippen molar-refractivity contribution < 1.29 is 14.7 Å². The molecule has 1 N–H and O–H groups in total. The summed E-state index contributed by atoms with van der Waals surface area (Å²) < 4.78 is 0. The summed E-state index contributed by atoms with van der Waals surface area (Å²) >= 11 is 0. The molecule has 0 unspecified atom stereocenters. The highest BCUT2D eigenvalue weighted by Crippen LogP contribution is 2.53. The molecule has 2 aromatic carbocycles. The first-order valence-electron chi connectivity index (χ1n) is 12.3. The third kappa shape index (κ3) is 3.71. The molecule has 0 saturated carbocycles. The fraction of sp³-hybridized carbons (Fsp3) is 0.533. The maximum Gasteiger partial charge on any atom is 0.237 e. The maximum atomic E-state index is 13.9.